The maximum Gasteiger partial charge on any atom is 0.223 e. The molecule has 0 unspecified atom stereocenters. The summed E-state index contributed by atoms with van der Waals surface area (Å²) in [6.45, 7) is 7.29. The van der Waals surface area contributed by atoms with Gasteiger partial charge in [0.25, 0.3) is 0 Å². The lowest BCUT2D eigenvalue weighted by atomic mass is 9.94. The van der Waals surface area contributed by atoms with Gasteiger partial charge in [0.15, 0.2) is 0 Å². The van der Waals surface area contributed by atoms with E-state index in [2.05, 4.69) is 48.3 Å². The highest BCUT2D eigenvalue weighted by atomic mass is 16.1. The van der Waals surface area contributed by atoms with Crippen molar-refractivity contribution in [2.45, 2.75) is 58.0 Å². The van der Waals surface area contributed by atoms with Crippen molar-refractivity contribution in [3.8, 4) is 0 Å². The number of nitrogens with zero attached hydrogens (tertiary/aromatic N) is 1. The van der Waals surface area contributed by atoms with Gasteiger partial charge in [-0.1, -0.05) is 37.1 Å². The summed E-state index contributed by atoms with van der Waals surface area (Å²) in [7, 11) is 0. The van der Waals surface area contributed by atoms with Gasteiger partial charge in [-0.2, -0.15) is 0 Å². The first-order valence-electron chi connectivity index (χ1n) is 8.66. The molecule has 1 amide bonds. The molecule has 0 atom stereocenters. The molecule has 1 saturated carbocycles. The van der Waals surface area contributed by atoms with Gasteiger partial charge >= 0.3 is 0 Å². The summed E-state index contributed by atoms with van der Waals surface area (Å²) in [5, 5.41) is 3.21. The minimum atomic E-state index is 0.00178. The molecule has 3 heteroatoms. The number of benzene rings is 1. The van der Waals surface area contributed by atoms with Gasteiger partial charge in [-0.15, -0.1) is 0 Å². The third kappa shape index (κ3) is 3.35. The second kappa shape index (κ2) is 6.41. The van der Waals surface area contributed by atoms with E-state index in [4.69, 9.17) is 0 Å². The van der Waals surface area contributed by atoms with E-state index in [9.17, 15) is 4.79 Å². The van der Waals surface area contributed by atoms with Crippen LogP contribution in [0.5, 0.6) is 0 Å². The second-order valence-electron chi connectivity index (χ2n) is 7.45. The summed E-state index contributed by atoms with van der Waals surface area (Å²) in [5.41, 5.74) is 2.91. The van der Waals surface area contributed by atoms with Gasteiger partial charge in [0.05, 0.1) is 0 Å². The number of rotatable bonds is 4. The lowest BCUT2D eigenvalue weighted by Crippen LogP contribution is -2.53. The number of fused-ring (bicyclic) bond motifs is 1. The van der Waals surface area contributed by atoms with Crippen molar-refractivity contribution in [2.24, 2.45) is 5.92 Å². The number of carbonyl (C=O) groups is 1. The van der Waals surface area contributed by atoms with Gasteiger partial charge in [0.1, 0.15) is 0 Å². The maximum atomic E-state index is 12.2. The van der Waals surface area contributed by atoms with Crippen LogP contribution in [0.2, 0.25) is 0 Å². The molecule has 22 heavy (non-hydrogen) atoms. The van der Waals surface area contributed by atoms with Crippen LogP contribution in [0.3, 0.4) is 0 Å². The molecule has 2 aliphatic rings. The van der Waals surface area contributed by atoms with Crippen LogP contribution < -0.4 is 5.32 Å². The Labute approximate surface area is 134 Å². The summed E-state index contributed by atoms with van der Waals surface area (Å²) in [5.74, 6) is 0.529. The van der Waals surface area contributed by atoms with Crippen molar-refractivity contribution in [1.29, 1.82) is 0 Å². The standard InChI is InChI=1S/C19H28N2O/c1-19(2,14-20-18(22)16-8-4-5-9-16)21-12-11-15-7-3-6-10-17(15)13-21/h3,6-7,10,16H,4-5,8-9,11-14H2,1-2H3,(H,20,22). The molecule has 3 nitrogen and oxygen atoms in total. The van der Waals surface area contributed by atoms with Crippen molar-refractivity contribution in [3.05, 3.63) is 35.4 Å². The molecule has 0 spiro atoms. The SMILES string of the molecule is CC(C)(CNC(=O)C1CCCC1)N1CCc2ccccc2C1. The van der Waals surface area contributed by atoms with Crippen molar-refractivity contribution in [1.82, 2.24) is 10.2 Å². The highest BCUT2D eigenvalue weighted by molar-refractivity contribution is 5.78. The van der Waals surface area contributed by atoms with Gasteiger partial charge < -0.3 is 5.32 Å². The van der Waals surface area contributed by atoms with Crippen LogP contribution >= 0.6 is 0 Å². The molecule has 1 fully saturated rings. The fourth-order valence-corrected chi connectivity index (χ4v) is 3.76. The van der Waals surface area contributed by atoms with E-state index in [0.717, 1.165) is 38.9 Å². The molecule has 0 radical (unpaired) electrons. The fraction of sp³-hybridized carbons (Fsp3) is 0.632. The summed E-state index contributed by atoms with van der Waals surface area (Å²) < 4.78 is 0. The van der Waals surface area contributed by atoms with Crippen molar-refractivity contribution >= 4 is 5.91 Å². The van der Waals surface area contributed by atoms with Crippen LogP contribution in [-0.4, -0.2) is 29.4 Å². The number of amides is 1. The van der Waals surface area contributed by atoms with E-state index in [1.807, 2.05) is 0 Å². The average molecular weight is 300 g/mol. The highest BCUT2D eigenvalue weighted by Gasteiger charge is 2.31. The zero-order chi connectivity index (χ0) is 15.6. The number of hydrogen-bond donors (Lipinski definition) is 1. The van der Waals surface area contributed by atoms with Crippen LogP contribution in [0, 0.1) is 5.92 Å². The second-order valence-corrected chi connectivity index (χ2v) is 7.45. The lowest BCUT2D eigenvalue weighted by Gasteiger charge is -2.41. The normalized spacial score (nSPS) is 19.9. The predicted octanol–water partition coefficient (Wildman–Crippen LogP) is 3.13. The minimum absolute atomic E-state index is 0.00178. The third-order valence-electron chi connectivity index (χ3n) is 5.41. The van der Waals surface area contributed by atoms with Gasteiger partial charge in [-0.25, -0.2) is 0 Å². The van der Waals surface area contributed by atoms with Gasteiger partial charge in [0, 0.05) is 31.1 Å². The molecule has 1 heterocycles. The monoisotopic (exact) mass is 300 g/mol. The van der Waals surface area contributed by atoms with E-state index in [1.165, 1.54) is 24.0 Å². The van der Waals surface area contributed by atoms with Crippen LogP contribution in [0.25, 0.3) is 0 Å². The van der Waals surface area contributed by atoms with E-state index in [1.54, 1.807) is 0 Å². The maximum absolute atomic E-state index is 12.2. The topological polar surface area (TPSA) is 32.3 Å². The molecular weight excluding hydrogens is 272 g/mol. The predicted molar refractivity (Wildman–Crippen MR) is 89.6 cm³/mol. The molecule has 0 aromatic heterocycles. The van der Waals surface area contributed by atoms with E-state index in [-0.39, 0.29) is 17.4 Å². The Bertz CT molecular complexity index is 532. The van der Waals surface area contributed by atoms with Crippen molar-refractivity contribution in [3.63, 3.8) is 0 Å². The highest BCUT2D eigenvalue weighted by Crippen LogP contribution is 2.27. The Balaban J connectivity index is 1.57. The van der Waals surface area contributed by atoms with Gasteiger partial charge in [-0.3, -0.25) is 9.69 Å². The Morgan fingerprint density at radius 2 is 1.91 bits per heavy atom. The Morgan fingerprint density at radius 3 is 2.64 bits per heavy atom. The molecule has 0 saturated heterocycles. The quantitative estimate of drug-likeness (QED) is 0.926. The average Bonchev–Trinajstić information content (AvgIpc) is 3.07. The zero-order valence-electron chi connectivity index (χ0n) is 13.9. The molecule has 1 aromatic rings. The molecule has 1 N–H and O–H groups in total. The van der Waals surface area contributed by atoms with Crippen molar-refractivity contribution in [2.75, 3.05) is 13.1 Å². The summed E-state index contributed by atoms with van der Waals surface area (Å²) in [6, 6.07) is 8.72. The van der Waals surface area contributed by atoms with Crippen molar-refractivity contribution < 1.29 is 4.79 Å². The largest absolute Gasteiger partial charge is 0.354 e. The number of nitrogens with one attached hydrogen (secondary N) is 1. The number of carbonyl (C=O) groups excluding carboxylic acids is 1. The molecule has 1 aliphatic heterocycles. The Kier molecular flexibility index (Phi) is 4.53. The van der Waals surface area contributed by atoms with Crippen LogP contribution in [0.1, 0.15) is 50.7 Å². The molecule has 0 bridgehead atoms. The third-order valence-corrected chi connectivity index (χ3v) is 5.41. The smallest absolute Gasteiger partial charge is 0.223 e. The van der Waals surface area contributed by atoms with E-state index in [0.29, 0.717) is 0 Å². The molecule has 3 rings (SSSR count). The summed E-state index contributed by atoms with van der Waals surface area (Å²) in [6.07, 6.45) is 5.68. The van der Waals surface area contributed by atoms with Crippen LogP contribution in [0.4, 0.5) is 0 Å². The first-order chi connectivity index (χ1) is 10.6. The summed E-state index contributed by atoms with van der Waals surface area (Å²) in [4.78, 5) is 14.7. The molecule has 1 aromatic carbocycles. The Hall–Kier alpha value is -1.35. The molecular formula is C19H28N2O. The minimum Gasteiger partial charge on any atom is -0.354 e. The van der Waals surface area contributed by atoms with E-state index >= 15 is 0 Å². The van der Waals surface area contributed by atoms with Gasteiger partial charge in [-0.05, 0) is 44.2 Å². The summed E-state index contributed by atoms with van der Waals surface area (Å²) >= 11 is 0. The van der Waals surface area contributed by atoms with Gasteiger partial charge in [0.2, 0.25) is 5.91 Å². The first kappa shape index (κ1) is 15.5. The molecule has 120 valence electrons. The molecule has 1 aliphatic carbocycles. The Morgan fingerprint density at radius 1 is 1.23 bits per heavy atom. The van der Waals surface area contributed by atoms with Crippen LogP contribution in [0.15, 0.2) is 24.3 Å². The fourth-order valence-electron chi connectivity index (χ4n) is 3.76. The number of hydrogen-bond acceptors (Lipinski definition) is 2. The van der Waals surface area contributed by atoms with Crippen LogP contribution in [-0.2, 0) is 17.8 Å². The zero-order valence-corrected chi connectivity index (χ0v) is 13.9. The lowest BCUT2D eigenvalue weighted by molar-refractivity contribution is -0.125. The van der Waals surface area contributed by atoms with E-state index < -0.39 is 0 Å². The first-order valence-corrected chi connectivity index (χ1v) is 8.66.